The molecule has 4 N–H and O–H groups in total. The molecule has 1 fully saturated rings. The Morgan fingerprint density at radius 3 is 2.43 bits per heavy atom. The third-order valence-electron chi connectivity index (χ3n) is 3.98. The molecule has 1 amide bonds. The number of hydrogen-bond donors (Lipinski definition) is 3. The van der Waals surface area contributed by atoms with Gasteiger partial charge in [-0.3, -0.25) is 4.79 Å². The number of nitrogens with one attached hydrogen (secondary N) is 1. The third kappa shape index (κ3) is 3.40. The maximum Gasteiger partial charge on any atom is 0.330 e. The molecule has 114 valence electrons. The fraction of sp³-hybridized carbons (Fsp3) is 0.467. The van der Waals surface area contributed by atoms with Gasteiger partial charge in [0.2, 0.25) is 5.91 Å². The SMILES string of the molecule is NCC1(C(=O)N[C@@H](C(=O)O)c2ccccc2)CCOCC1. The molecule has 0 aliphatic carbocycles. The van der Waals surface area contributed by atoms with Gasteiger partial charge in [0.25, 0.3) is 0 Å². The van der Waals surface area contributed by atoms with Crippen molar-refractivity contribution in [1.29, 1.82) is 0 Å². The summed E-state index contributed by atoms with van der Waals surface area (Å²) in [6.07, 6.45) is 1.02. The van der Waals surface area contributed by atoms with E-state index in [1.54, 1.807) is 30.3 Å². The van der Waals surface area contributed by atoms with E-state index in [2.05, 4.69) is 5.32 Å². The minimum Gasteiger partial charge on any atom is -0.479 e. The quantitative estimate of drug-likeness (QED) is 0.741. The maximum atomic E-state index is 12.5. The molecule has 2 rings (SSSR count). The van der Waals surface area contributed by atoms with Crippen LogP contribution >= 0.6 is 0 Å². The number of ether oxygens (including phenoxy) is 1. The topological polar surface area (TPSA) is 102 Å². The zero-order valence-corrected chi connectivity index (χ0v) is 11.7. The van der Waals surface area contributed by atoms with Gasteiger partial charge in [0, 0.05) is 19.8 Å². The van der Waals surface area contributed by atoms with E-state index in [9.17, 15) is 14.7 Å². The normalized spacial score (nSPS) is 18.7. The minimum atomic E-state index is -1.09. The number of hydrogen-bond acceptors (Lipinski definition) is 4. The van der Waals surface area contributed by atoms with E-state index in [4.69, 9.17) is 10.5 Å². The smallest absolute Gasteiger partial charge is 0.330 e. The molecule has 1 aromatic rings. The van der Waals surface area contributed by atoms with E-state index in [0.29, 0.717) is 31.6 Å². The lowest BCUT2D eigenvalue weighted by atomic mass is 9.79. The summed E-state index contributed by atoms with van der Waals surface area (Å²) in [5.74, 6) is -1.40. The summed E-state index contributed by atoms with van der Waals surface area (Å²) in [6.45, 7) is 1.12. The molecule has 1 heterocycles. The molecule has 21 heavy (non-hydrogen) atoms. The summed E-state index contributed by atoms with van der Waals surface area (Å²) < 4.78 is 5.26. The van der Waals surface area contributed by atoms with Crippen molar-refractivity contribution in [2.75, 3.05) is 19.8 Å². The molecule has 6 heteroatoms. The Morgan fingerprint density at radius 1 is 1.29 bits per heavy atom. The molecule has 0 saturated carbocycles. The van der Waals surface area contributed by atoms with E-state index in [1.165, 1.54) is 0 Å². The Balaban J connectivity index is 2.16. The van der Waals surface area contributed by atoms with Gasteiger partial charge in [-0.2, -0.15) is 0 Å². The average molecular weight is 292 g/mol. The molecular weight excluding hydrogens is 272 g/mol. The second-order valence-electron chi connectivity index (χ2n) is 5.25. The van der Waals surface area contributed by atoms with Gasteiger partial charge < -0.3 is 20.9 Å². The Labute approximate surface area is 123 Å². The standard InChI is InChI=1S/C15H20N2O4/c16-10-15(6-8-21-9-7-15)14(20)17-12(13(18)19)11-4-2-1-3-5-11/h1-5,12H,6-10,16H2,(H,17,20)(H,18,19)/t12-/m1/s1. The maximum absolute atomic E-state index is 12.5. The average Bonchev–Trinajstić information content (AvgIpc) is 2.53. The number of carbonyl (C=O) groups is 2. The van der Waals surface area contributed by atoms with E-state index >= 15 is 0 Å². The molecule has 0 aromatic heterocycles. The van der Waals surface area contributed by atoms with E-state index in [1.807, 2.05) is 0 Å². The van der Waals surface area contributed by atoms with Crippen molar-refractivity contribution in [2.45, 2.75) is 18.9 Å². The molecule has 0 spiro atoms. The monoisotopic (exact) mass is 292 g/mol. The van der Waals surface area contributed by atoms with Gasteiger partial charge in [-0.25, -0.2) is 4.79 Å². The molecule has 1 aliphatic heterocycles. The van der Waals surface area contributed by atoms with Crippen LogP contribution in [-0.2, 0) is 14.3 Å². The number of rotatable bonds is 5. The van der Waals surface area contributed by atoms with E-state index in [0.717, 1.165) is 0 Å². The molecule has 0 radical (unpaired) electrons. The highest BCUT2D eigenvalue weighted by Gasteiger charge is 2.40. The number of benzene rings is 1. The summed E-state index contributed by atoms with van der Waals surface area (Å²) in [7, 11) is 0. The van der Waals surface area contributed by atoms with Crippen molar-refractivity contribution >= 4 is 11.9 Å². The van der Waals surface area contributed by atoms with Crippen molar-refractivity contribution in [3.05, 3.63) is 35.9 Å². The van der Waals surface area contributed by atoms with Gasteiger partial charge in [0.05, 0.1) is 5.41 Å². The predicted molar refractivity (Wildman–Crippen MR) is 76.5 cm³/mol. The first-order valence-corrected chi connectivity index (χ1v) is 6.95. The van der Waals surface area contributed by atoms with Gasteiger partial charge in [-0.05, 0) is 18.4 Å². The first-order valence-electron chi connectivity index (χ1n) is 6.95. The molecule has 1 aromatic carbocycles. The largest absolute Gasteiger partial charge is 0.479 e. The number of amides is 1. The van der Waals surface area contributed by atoms with Crippen LogP contribution in [0.4, 0.5) is 0 Å². The number of carboxylic acid groups (broad SMARTS) is 1. The summed E-state index contributed by atoms with van der Waals surface area (Å²) in [4.78, 5) is 24.0. The molecule has 1 atom stereocenters. The Bertz CT molecular complexity index is 498. The van der Waals surface area contributed by atoms with Gasteiger partial charge in [0.1, 0.15) is 0 Å². The van der Waals surface area contributed by atoms with Crippen molar-refractivity contribution in [3.63, 3.8) is 0 Å². The molecule has 6 nitrogen and oxygen atoms in total. The van der Waals surface area contributed by atoms with E-state index in [-0.39, 0.29) is 12.5 Å². The van der Waals surface area contributed by atoms with Gasteiger partial charge in [0.15, 0.2) is 6.04 Å². The lowest BCUT2D eigenvalue weighted by molar-refractivity contribution is -0.145. The number of carbonyl (C=O) groups excluding carboxylic acids is 1. The van der Waals surface area contributed by atoms with Crippen LogP contribution in [0.15, 0.2) is 30.3 Å². The summed E-state index contributed by atoms with van der Waals surface area (Å²) in [5, 5.41) is 12.0. The Hall–Kier alpha value is -1.92. The molecule has 0 unspecified atom stereocenters. The Kier molecular flexibility index (Phi) is 4.93. The van der Waals surface area contributed by atoms with Crippen LogP contribution in [-0.4, -0.2) is 36.7 Å². The third-order valence-corrected chi connectivity index (χ3v) is 3.98. The van der Waals surface area contributed by atoms with Gasteiger partial charge in [-0.1, -0.05) is 30.3 Å². The fourth-order valence-corrected chi connectivity index (χ4v) is 2.50. The highest BCUT2D eigenvalue weighted by molar-refractivity contribution is 5.88. The zero-order valence-electron chi connectivity index (χ0n) is 11.7. The number of carboxylic acids is 1. The van der Waals surface area contributed by atoms with Crippen molar-refractivity contribution in [1.82, 2.24) is 5.32 Å². The molecule has 1 aliphatic rings. The zero-order chi connectivity index (χ0) is 15.3. The van der Waals surface area contributed by atoms with Crippen LogP contribution in [0.1, 0.15) is 24.4 Å². The number of nitrogens with two attached hydrogens (primary N) is 1. The fourth-order valence-electron chi connectivity index (χ4n) is 2.50. The Morgan fingerprint density at radius 2 is 1.90 bits per heavy atom. The van der Waals surface area contributed by atoms with Crippen molar-refractivity contribution in [3.8, 4) is 0 Å². The second-order valence-corrected chi connectivity index (χ2v) is 5.25. The lowest BCUT2D eigenvalue weighted by Crippen LogP contribution is -2.51. The second kappa shape index (κ2) is 6.69. The van der Waals surface area contributed by atoms with Crippen LogP contribution < -0.4 is 11.1 Å². The highest BCUT2D eigenvalue weighted by Crippen LogP contribution is 2.30. The molecule has 1 saturated heterocycles. The first-order chi connectivity index (χ1) is 10.1. The minimum absolute atomic E-state index is 0.184. The van der Waals surface area contributed by atoms with Crippen molar-refractivity contribution < 1.29 is 19.4 Å². The molecule has 0 bridgehead atoms. The summed E-state index contributed by atoms with van der Waals surface area (Å²) in [6, 6.07) is 7.57. The predicted octanol–water partition coefficient (Wildman–Crippen LogP) is 0.684. The van der Waals surface area contributed by atoms with Crippen LogP contribution in [0.5, 0.6) is 0 Å². The van der Waals surface area contributed by atoms with Crippen LogP contribution in [0.2, 0.25) is 0 Å². The summed E-state index contributed by atoms with van der Waals surface area (Å²) in [5.41, 5.74) is 5.57. The van der Waals surface area contributed by atoms with Crippen LogP contribution in [0, 0.1) is 5.41 Å². The first kappa shape index (κ1) is 15.5. The van der Waals surface area contributed by atoms with E-state index < -0.39 is 17.4 Å². The highest BCUT2D eigenvalue weighted by atomic mass is 16.5. The van der Waals surface area contributed by atoms with Crippen LogP contribution in [0.3, 0.4) is 0 Å². The van der Waals surface area contributed by atoms with Crippen LogP contribution in [0.25, 0.3) is 0 Å². The van der Waals surface area contributed by atoms with Gasteiger partial charge in [-0.15, -0.1) is 0 Å². The summed E-state index contributed by atoms with van der Waals surface area (Å²) >= 11 is 0. The number of aliphatic carboxylic acids is 1. The van der Waals surface area contributed by atoms with Gasteiger partial charge >= 0.3 is 5.97 Å². The molecular formula is C15H20N2O4. The van der Waals surface area contributed by atoms with Crippen molar-refractivity contribution in [2.24, 2.45) is 11.1 Å². The lowest BCUT2D eigenvalue weighted by Gasteiger charge is -2.35.